The summed E-state index contributed by atoms with van der Waals surface area (Å²) in [5.74, 6) is 0.117. The molecule has 12 heavy (non-hydrogen) atoms. The van der Waals surface area contributed by atoms with E-state index in [0.29, 0.717) is 12.5 Å². The zero-order chi connectivity index (χ0) is 9.14. The van der Waals surface area contributed by atoms with Crippen molar-refractivity contribution in [2.45, 2.75) is 33.2 Å². The lowest BCUT2D eigenvalue weighted by Crippen LogP contribution is -2.36. The number of esters is 1. The van der Waals surface area contributed by atoms with E-state index in [4.69, 9.17) is 9.47 Å². The van der Waals surface area contributed by atoms with Gasteiger partial charge >= 0.3 is 5.97 Å². The topological polar surface area (TPSA) is 47.6 Å². The SMILES string of the molecule is CC(=O)OC1COC(C(C)C)N1. The molecule has 0 aliphatic carbocycles. The minimum absolute atomic E-state index is 0.00866. The van der Waals surface area contributed by atoms with E-state index in [2.05, 4.69) is 5.32 Å². The summed E-state index contributed by atoms with van der Waals surface area (Å²) < 4.78 is 10.3. The molecule has 1 saturated heterocycles. The van der Waals surface area contributed by atoms with Crippen LogP contribution in [0.5, 0.6) is 0 Å². The van der Waals surface area contributed by atoms with Gasteiger partial charge in [-0.3, -0.25) is 10.1 Å². The molecule has 1 rings (SSSR count). The molecule has 4 nitrogen and oxygen atoms in total. The van der Waals surface area contributed by atoms with Crippen LogP contribution in [-0.2, 0) is 14.3 Å². The minimum atomic E-state index is -0.277. The molecule has 0 saturated carbocycles. The van der Waals surface area contributed by atoms with Crippen LogP contribution in [-0.4, -0.2) is 25.0 Å². The van der Waals surface area contributed by atoms with Gasteiger partial charge in [0, 0.05) is 6.92 Å². The Bertz CT molecular complexity index is 170. The van der Waals surface area contributed by atoms with Crippen molar-refractivity contribution in [2.24, 2.45) is 5.92 Å². The average Bonchev–Trinajstić information content (AvgIpc) is 2.34. The summed E-state index contributed by atoms with van der Waals surface area (Å²) in [6.07, 6.45) is -0.260. The first-order chi connectivity index (χ1) is 5.59. The highest BCUT2D eigenvalue weighted by molar-refractivity contribution is 5.66. The number of rotatable bonds is 2. The van der Waals surface area contributed by atoms with Crippen LogP contribution >= 0.6 is 0 Å². The Kier molecular flexibility index (Phi) is 3.05. The third-order valence-electron chi connectivity index (χ3n) is 1.69. The highest BCUT2D eigenvalue weighted by Gasteiger charge is 2.28. The molecule has 0 amide bonds. The molecule has 0 aromatic rings. The molecule has 70 valence electrons. The Labute approximate surface area is 72.2 Å². The van der Waals surface area contributed by atoms with Gasteiger partial charge in [-0.2, -0.15) is 0 Å². The van der Waals surface area contributed by atoms with E-state index in [1.54, 1.807) is 0 Å². The predicted octanol–water partition coefficient (Wildman–Crippen LogP) is 0.477. The molecule has 0 aromatic carbocycles. The van der Waals surface area contributed by atoms with Gasteiger partial charge in [0.2, 0.25) is 0 Å². The maximum absolute atomic E-state index is 10.6. The van der Waals surface area contributed by atoms with Crippen LogP contribution in [0.25, 0.3) is 0 Å². The molecule has 1 aliphatic rings. The molecule has 4 heteroatoms. The molecule has 0 radical (unpaired) electrons. The van der Waals surface area contributed by atoms with Gasteiger partial charge in [0.1, 0.15) is 6.23 Å². The lowest BCUT2D eigenvalue weighted by molar-refractivity contribution is -0.147. The Hall–Kier alpha value is -0.610. The van der Waals surface area contributed by atoms with Crippen molar-refractivity contribution < 1.29 is 14.3 Å². The van der Waals surface area contributed by atoms with Gasteiger partial charge < -0.3 is 9.47 Å². The first-order valence-corrected chi connectivity index (χ1v) is 4.14. The van der Waals surface area contributed by atoms with Crippen molar-refractivity contribution in [3.05, 3.63) is 0 Å². The smallest absolute Gasteiger partial charge is 0.304 e. The Morgan fingerprint density at radius 3 is 2.75 bits per heavy atom. The number of carbonyl (C=O) groups excluding carboxylic acids is 1. The van der Waals surface area contributed by atoms with Crippen molar-refractivity contribution in [1.29, 1.82) is 0 Å². The first kappa shape index (κ1) is 9.48. The minimum Gasteiger partial charge on any atom is -0.444 e. The Balaban J connectivity index is 2.30. The Morgan fingerprint density at radius 1 is 1.67 bits per heavy atom. The zero-order valence-electron chi connectivity index (χ0n) is 7.66. The van der Waals surface area contributed by atoms with Crippen molar-refractivity contribution in [2.75, 3.05) is 6.61 Å². The van der Waals surface area contributed by atoms with E-state index in [1.807, 2.05) is 13.8 Å². The average molecular weight is 173 g/mol. The maximum Gasteiger partial charge on any atom is 0.304 e. The van der Waals surface area contributed by atoms with Crippen molar-refractivity contribution in [3.63, 3.8) is 0 Å². The second kappa shape index (κ2) is 3.87. The van der Waals surface area contributed by atoms with Crippen molar-refractivity contribution in [1.82, 2.24) is 5.32 Å². The van der Waals surface area contributed by atoms with Gasteiger partial charge in [0.15, 0.2) is 6.23 Å². The fraction of sp³-hybridized carbons (Fsp3) is 0.875. The fourth-order valence-corrected chi connectivity index (χ4v) is 1.12. The van der Waals surface area contributed by atoms with Gasteiger partial charge in [-0.05, 0) is 5.92 Å². The van der Waals surface area contributed by atoms with Crippen LogP contribution < -0.4 is 5.32 Å². The normalized spacial score (nSPS) is 29.3. The predicted molar refractivity (Wildman–Crippen MR) is 43.3 cm³/mol. The molecule has 1 aliphatic heterocycles. The van der Waals surface area contributed by atoms with Crippen LogP contribution in [0.1, 0.15) is 20.8 Å². The molecule has 0 bridgehead atoms. The number of ether oxygens (including phenoxy) is 2. The second-order valence-electron chi connectivity index (χ2n) is 3.26. The quantitative estimate of drug-likeness (QED) is 0.617. The molecular weight excluding hydrogens is 158 g/mol. The highest BCUT2D eigenvalue weighted by atomic mass is 16.6. The largest absolute Gasteiger partial charge is 0.444 e. The van der Waals surface area contributed by atoms with E-state index in [1.165, 1.54) is 6.92 Å². The molecule has 2 atom stereocenters. The van der Waals surface area contributed by atoms with Gasteiger partial charge in [0.05, 0.1) is 6.61 Å². The first-order valence-electron chi connectivity index (χ1n) is 4.14. The van der Waals surface area contributed by atoms with Gasteiger partial charge in [-0.25, -0.2) is 0 Å². The maximum atomic E-state index is 10.6. The number of hydrogen-bond acceptors (Lipinski definition) is 4. The van der Waals surface area contributed by atoms with Gasteiger partial charge in [-0.1, -0.05) is 13.8 Å². The van der Waals surface area contributed by atoms with E-state index < -0.39 is 0 Å². The van der Waals surface area contributed by atoms with E-state index in [-0.39, 0.29) is 18.4 Å². The van der Waals surface area contributed by atoms with Crippen LogP contribution in [0, 0.1) is 5.92 Å². The summed E-state index contributed by atoms with van der Waals surface area (Å²) in [6.45, 7) is 5.94. The fourth-order valence-electron chi connectivity index (χ4n) is 1.12. The van der Waals surface area contributed by atoms with E-state index >= 15 is 0 Å². The van der Waals surface area contributed by atoms with Crippen molar-refractivity contribution >= 4 is 5.97 Å². The third-order valence-corrected chi connectivity index (χ3v) is 1.69. The van der Waals surface area contributed by atoms with Gasteiger partial charge in [-0.15, -0.1) is 0 Å². The molecular formula is C8H15NO3. The van der Waals surface area contributed by atoms with Crippen LogP contribution in [0.3, 0.4) is 0 Å². The highest BCUT2D eigenvalue weighted by Crippen LogP contribution is 2.11. The molecule has 1 fully saturated rings. The summed E-state index contributed by atoms with van der Waals surface area (Å²) in [5, 5.41) is 3.06. The lowest BCUT2D eigenvalue weighted by Gasteiger charge is -2.14. The molecule has 2 unspecified atom stereocenters. The summed E-state index contributed by atoms with van der Waals surface area (Å²) in [5.41, 5.74) is 0. The molecule has 1 N–H and O–H groups in total. The van der Waals surface area contributed by atoms with Crippen LogP contribution in [0.2, 0.25) is 0 Å². The van der Waals surface area contributed by atoms with Crippen molar-refractivity contribution in [3.8, 4) is 0 Å². The number of hydrogen-bond donors (Lipinski definition) is 1. The zero-order valence-corrected chi connectivity index (χ0v) is 7.66. The summed E-state index contributed by atoms with van der Waals surface area (Å²) in [6, 6.07) is 0. The molecule has 1 heterocycles. The monoisotopic (exact) mass is 173 g/mol. The molecule has 0 spiro atoms. The summed E-state index contributed by atoms with van der Waals surface area (Å²) in [7, 11) is 0. The van der Waals surface area contributed by atoms with E-state index in [0.717, 1.165) is 0 Å². The third kappa shape index (κ3) is 2.46. The number of carbonyl (C=O) groups is 1. The lowest BCUT2D eigenvalue weighted by atomic mass is 10.2. The standard InChI is InChI=1S/C8H15NO3/c1-5(2)8-9-7(4-11-8)12-6(3)10/h5,7-9H,4H2,1-3H3. The molecule has 0 aromatic heterocycles. The Morgan fingerprint density at radius 2 is 2.33 bits per heavy atom. The van der Waals surface area contributed by atoms with Gasteiger partial charge in [0.25, 0.3) is 0 Å². The van der Waals surface area contributed by atoms with Crippen LogP contribution in [0.4, 0.5) is 0 Å². The van der Waals surface area contributed by atoms with E-state index in [9.17, 15) is 4.79 Å². The van der Waals surface area contributed by atoms with Crippen LogP contribution in [0.15, 0.2) is 0 Å². The second-order valence-corrected chi connectivity index (χ2v) is 3.26. The summed E-state index contributed by atoms with van der Waals surface area (Å²) in [4.78, 5) is 10.6. The summed E-state index contributed by atoms with van der Waals surface area (Å²) >= 11 is 0. The number of nitrogens with one attached hydrogen (secondary N) is 1.